The Bertz CT molecular complexity index is 569. The van der Waals surface area contributed by atoms with Crippen LogP contribution in [0.5, 0.6) is 5.75 Å². The topological polar surface area (TPSA) is 47.6 Å². The largest absolute Gasteiger partial charge is 0.491 e. The molecule has 0 unspecified atom stereocenters. The first-order valence-electron chi connectivity index (χ1n) is 9.82. The molecule has 1 aromatic rings. The molecular weight excluding hydrogens is 326 g/mol. The first-order chi connectivity index (χ1) is 12.1. The molecule has 1 rings (SSSR count). The van der Waals surface area contributed by atoms with Crippen molar-refractivity contribution in [1.29, 1.82) is 0 Å². The Morgan fingerprint density at radius 2 is 1.65 bits per heavy atom. The fourth-order valence-electron chi connectivity index (χ4n) is 3.41. The Balaban J connectivity index is 3.06. The number of aryl methyl sites for hydroxylation is 1. The van der Waals surface area contributed by atoms with Gasteiger partial charge in [-0.1, -0.05) is 27.7 Å². The van der Waals surface area contributed by atoms with Crippen molar-refractivity contribution in [2.45, 2.75) is 79.9 Å². The molecule has 0 fully saturated rings. The summed E-state index contributed by atoms with van der Waals surface area (Å²) >= 11 is 0. The van der Waals surface area contributed by atoms with Gasteiger partial charge in [0.05, 0.1) is 6.10 Å². The Hall–Kier alpha value is -1.55. The van der Waals surface area contributed by atoms with Gasteiger partial charge >= 0.3 is 0 Å². The molecule has 0 atom stereocenters. The molecule has 0 heterocycles. The number of carbonyl (C=O) groups is 1. The summed E-state index contributed by atoms with van der Waals surface area (Å²) in [6.07, 6.45) is 1.54. The van der Waals surface area contributed by atoms with Gasteiger partial charge in [-0.2, -0.15) is 0 Å². The van der Waals surface area contributed by atoms with Crippen molar-refractivity contribution in [3.8, 4) is 5.75 Å². The fourth-order valence-corrected chi connectivity index (χ4v) is 3.41. The molecule has 148 valence electrons. The van der Waals surface area contributed by atoms with Crippen LogP contribution in [-0.4, -0.2) is 24.2 Å². The number of hydrogen-bond acceptors (Lipinski definition) is 3. The lowest BCUT2D eigenvalue weighted by Gasteiger charge is -2.35. The molecule has 0 aromatic heterocycles. The number of benzene rings is 1. The van der Waals surface area contributed by atoms with Crippen LogP contribution in [0.3, 0.4) is 0 Å². The number of nitrogens with one attached hydrogen (secondary N) is 1. The summed E-state index contributed by atoms with van der Waals surface area (Å²) in [7, 11) is 0. The van der Waals surface area contributed by atoms with Gasteiger partial charge in [0.2, 0.25) is 0 Å². The maximum absolute atomic E-state index is 13.2. The SMILES string of the molecule is CCOC(CC(C)C)(CC(C)C)C(=O)Nc1ccc(OC(C)C)c(C)c1. The summed E-state index contributed by atoms with van der Waals surface area (Å²) in [5, 5.41) is 3.08. The third-order valence-corrected chi connectivity index (χ3v) is 4.11. The smallest absolute Gasteiger partial charge is 0.256 e. The molecule has 1 amide bonds. The minimum Gasteiger partial charge on any atom is -0.491 e. The number of amides is 1. The molecule has 0 aliphatic heterocycles. The second-order valence-corrected chi connectivity index (χ2v) is 8.22. The minimum atomic E-state index is -0.794. The summed E-state index contributed by atoms with van der Waals surface area (Å²) in [4.78, 5) is 13.2. The van der Waals surface area contributed by atoms with E-state index in [1.165, 1.54) is 0 Å². The average Bonchev–Trinajstić information content (AvgIpc) is 2.48. The van der Waals surface area contributed by atoms with Gasteiger partial charge in [-0.15, -0.1) is 0 Å². The summed E-state index contributed by atoms with van der Waals surface area (Å²) in [5.74, 6) is 1.53. The van der Waals surface area contributed by atoms with E-state index in [0.717, 1.165) is 17.0 Å². The lowest BCUT2D eigenvalue weighted by atomic mass is 9.83. The van der Waals surface area contributed by atoms with E-state index in [0.29, 0.717) is 31.3 Å². The van der Waals surface area contributed by atoms with E-state index in [1.54, 1.807) is 0 Å². The third-order valence-electron chi connectivity index (χ3n) is 4.11. The van der Waals surface area contributed by atoms with Gasteiger partial charge < -0.3 is 14.8 Å². The van der Waals surface area contributed by atoms with Crippen molar-refractivity contribution < 1.29 is 14.3 Å². The summed E-state index contributed by atoms with van der Waals surface area (Å²) in [5.41, 5.74) is 0.990. The molecule has 0 saturated heterocycles. The summed E-state index contributed by atoms with van der Waals surface area (Å²) in [6, 6.07) is 5.76. The monoisotopic (exact) mass is 363 g/mol. The minimum absolute atomic E-state index is 0.0568. The van der Waals surface area contributed by atoms with Crippen molar-refractivity contribution in [3.63, 3.8) is 0 Å². The molecule has 4 heteroatoms. The summed E-state index contributed by atoms with van der Waals surface area (Å²) in [6.45, 7) is 17.0. The van der Waals surface area contributed by atoms with Crippen LogP contribution in [0.15, 0.2) is 18.2 Å². The van der Waals surface area contributed by atoms with E-state index in [-0.39, 0.29) is 12.0 Å². The van der Waals surface area contributed by atoms with E-state index in [9.17, 15) is 4.79 Å². The molecule has 1 aromatic carbocycles. The van der Waals surface area contributed by atoms with Crippen molar-refractivity contribution in [2.75, 3.05) is 11.9 Å². The van der Waals surface area contributed by atoms with Gasteiger partial charge in [-0.05, 0) is 76.1 Å². The second-order valence-electron chi connectivity index (χ2n) is 8.22. The fraction of sp³-hybridized carbons (Fsp3) is 0.682. The Morgan fingerprint density at radius 1 is 1.08 bits per heavy atom. The number of anilines is 1. The van der Waals surface area contributed by atoms with Crippen molar-refractivity contribution >= 4 is 11.6 Å². The number of ether oxygens (including phenoxy) is 2. The molecular formula is C22H37NO3. The van der Waals surface area contributed by atoms with Crippen LogP contribution < -0.4 is 10.1 Å². The summed E-state index contributed by atoms with van der Waals surface area (Å²) < 4.78 is 11.8. The van der Waals surface area contributed by atoms with Gasteiger partial charge in [0.1, 0.15) is 11.4 Å². The molecule has 0 aliphatic carbocycles. The van der Waals surface area contributed by atoms with Crippen molar-refractivity contribution in [3.05, 3.63) is 23.8 Å². The van der Waals surface area contributed by atoms with Crippen molar-refractivity contribution in [1.82, 2.24) is 0 Å². The molecule has 26 heavy (non-hydrogen) atoms. The highest BCUT2D eigenvalue weighted by Crippen LogP contribution is 2.31. The van der Waals surface area contributed by atoms with Crippen molar-refractivity contribution in [2.24, 2.45) is 11.8 Å². The van der Waals surface area contributed by atoms with Crippen LogP contribution in [0, 0.1) is 18.8 Å². The van der Waals surface area contributed by atoms with Gasteiger partial charge in [0.25, 0.3) is 5.91 Å². The second kappa shape index (κ2) is 9.96. The maximum atomic E-state index is 13.2. The number of hydrogen-bond donors (Lipinski definition) is 1. The Labute approximate surface area is 159 Å². The molecule has 0 spiro atoms. The van der Waals surface area contributed by atoms with Crippen LogP contribution in [0.1, 0.15) is 66.9 Å². The van der Waals surface area contributed by atoms with Gasteiger partial charge in [0, 0.05) is 12.3 Å². The van der Waals surface area contributed by atoms with Crippen LogP contribution >= 0.6 is 0 Å². The van der Waals surface area contributed by atoms with E-state index in [4.69, 9.17) is 9.47 Å². The van der Waals surface area contributed by atoms with Gasteiger partial charge in [-0.3, -0.25) is 4.79 Å². The molecule has 0 bridgehead atoms. The lowest BCUT2D eigenvalue weighted by Crippen LogP contribution is -2.47. The third kappa shape index (κ3) is 6.64. The quantitative estimate of drug-likeness (QED) is 0.589. The zero-order valence-electron chi connectivity index (χ0n) is 17.8. The van der Waals surface area contributed by atoms with E-state index >= 15 is 0 Å². The standard InChI is InChI=1S/C22H37NO3/c1-9-25-22(13-15(2)3,14-16(4)5)21(24)23-19-10-11-20(18(8)12-19)26-17(6)7/h10-12,15-17H,9,13-14H2,1-8H3,(H,23,24). The molecule has 4 nitrogen and oxygen atoms in total. The zero-order chi connectivity index (χ0) is 19.9. The van der Waals surface area contributed by atoms with Crippen LogP contribution in [-0.2, 0) is 9.53 Å². The van der Waals surface area contributed by atoms with Gasteiger partial charge in [0.15, 0.2) is 0 Å². The highest BCUT2D eigenvalue weighted by atomic mass is 16.5. The van der Waals surface area contributed by atoms with E-state index < -0.39 is 5.60 Å². The Morgan fingerprint density at radius 3 is 2.08 bits per heavy atom. The zero-order valence-corrected chi connectivity index (χ0v) is 17.8. The maximum Gasteiger partial charge on any atom is 0.256 e. The van der Waals surface area contributed by atoms with E-state index in [1.807, 2.05) is 45.9 Å². The molecule has 1 N–H and O–H groups in total. The normalized spacial score (nSPS) is 12.1. The molecule has 0 aliphatic rings. The predicted molar refractivity (Wildman–Crippen MR) is 109 cm³/mol. The van der Waals surface area contributed by atoms with Gasteiger partial charge in [-0.25, -0.2) is 0 Å². The molecule has 0 radical (unpaired) electrons. The lowest BCUT2D eigenvalue weighted by molar-refractivity contribution is -0.146. The highest BCUT2D eigenvalue weighted by molar-refractivity contribution is 5.97. The average molecular weight is 364 g/mol. The molecule has 0 saturated carbocycles. The Kier molecular flexibility index (Phi) is 8.61. The van der Waals surface area contributed by atoms with Crippen LogP contribution in [0.25, 0.3) is 0 Å². The van der Waals surface area contributed by atoms with Crippen LogP contribution in [0.4, 0.5) is 5.69 Å². The first-order valence-corrected chi connectivity index (χ1v) is 9.82. The van der Waals surface area contributed by atoms with E-state index in [2.05, 4.69) is 33.0 Å². The van der Waals surface area contributed by atoms with Crippen LogP contribution in [0.2, 0.25) is 0 Å². The highest BCUT2D eigenvalue weighted by Gasteiger charge is 2.40. The number of rotatable bonds is 10. The first kappa shape index (κ1) is 22.5. The predicted octanol–water partition coefficient (Wildman–Crippen LogP) is 5.59. The number of carbonyl (C=O) groups excluding carboxylic acids is 1.